The molecule has 0 radical (unpaired) electrons. The Morgan fingerprint density at radius 1 is 0.322 bits per heavy atom. The first-order valence-electron chi connectivity index (χ1n) is 25.8. The fraction of sp³-hybridized carbons (Fsp3) is 0.868. The van der Waals surface area contributed by atoms with Gasteiger partial charge in [0, 0.05) is 19.3 Å². The lowest BCUT2D eigenvalue weighted by molar-refractivity contribution is -0.167. The molecule has 0 aromatic carbocycles. The van der Waals surface area contributed by atoms with Crippen molar-refractivity contribution >= 4 is 17.9 Å². The summed E-state index contributed by atoms with van der Waals surface area (Å²) in [5, 5.41) is 0. The third kappa shape index (κ3) is 46.8. The van der Waals surface area contributed by atoms with Crippen LogP contribution in [0.15, 0.2) is 24.3 Å². The van der Waals surface area contributed by atoms with Crippen LogP contribution in [0.3, 0.4) is 0 Å². The molecule has 0 spiro atoms. The Morgan fingerprint density at radius 3 is 0.864 bits per heavy atom. The van der Waals surface area contributed by atoms with E-state index in [1.807, 2.05) is 0 Å². The van der Waals surface area contributed by atoms with E-state index < -0.39 is 6.10 Å². The van der Waals surface area contributed by atoms with Crippen LogP contribution in [-0.4, -0.2) is 37.2 Å². The Kier molecular flexibility index (Phi) is 46.8. The van der Waals surface area contributed by atoms with Gasteiger partial charge in [-0.1, -0.05) is 212 Å². The number of hydrogen-bond donors (Lipinski definition) is 0. The van der Waals surface area contributed by atoms with E-state index in [1.54, 1.807) is 0 Å². The number of allylic oxidation sites excluding steroid dienone is 4. The molecular weight excluding hydrogens is 733 g/mol. The van der Waals surface area contributed by atoms with Gasteiger partial charge in [-0.25, -0.2) is 0 Å². The second-order valence-corrected chi connectivity index (χ2v) is 17.4. The molecule has 0 bridgehead atoms. The number of esters is 3. The SMILES string of the molecule is CCCCCCC=CCCCCCCCCCC(=O)OC[C@H](COC(=O)CCCCCCCC=CCCCCCCCC)OC(=O)CCCCCCCCCCCCC. The summed E-state index contributed by atoms with van der Waals surface area (Å²) in [6, 6.07) is 0. The summed E-state index contributed by atoms with van der Waals surface area (Å²) in [5.41, 5.74) is 0. The van der Waals surface area contributed by atoms with Gasteiger partial charge in [-0.15, -0.1) is 0 Å². The van der Waals surface area contributed by atoms with Gasteiger partial charge >= 0.3 is 17.9 Å². The maximum atomic E-state index is 12.8. The molecule has 0 aliphatic rings. The van der Waals surface area contributed by atoms with Gasteiger partial charge in [0.05, 0.1) is 0 Å². The van der Waals surface area contributed by atoms with Crippen molar-refractivity contribution in [3.8, 4) is 0 Å². The van der Waals surface area contributed by atoms with Crippen molar-refractivity contribution in [3.05, 3.63) is 24.3 Å². The topological polar surface area (TPSA) is 78.9 Å². The van der Waals surface area contributed by atoms with E-state index in [1.165, 1.54) is 173 Å². The van der Waals surface area contributed by atoms with E-state index in [4.69, 9.17) is 14.2 Å². The van der Waals surface area contributed by atoms with E-state index in [-0.39, 0.29) is 31.1 Å². The first-order chi connectivity index (χ1) is 29.0. The Hall–Kier alpha value is -2.11. The van der Waals surface area contributed by atoms with Gasteiger partial charge in [0.15, 0.2) is 6.10 Å². The highest BCUT2D eigenvalue weighted by molar-refractivity contribution is 5.71. The monoisotopic (exact) mass is 831 g/mol. The summed E-state index contributed by atoms with van der Waals surface area (Å²) < 4.78 is 16.8. The number of carbonyl (C=O) groups is 3. The normalized spacial score (nSPS) is 12.1. The lowest BCUT2D eigenvalue weighted by atomic mass is 10.1. The zero-order chi connectivity index (χ0) is 43.0. The van der Waals surface area contributed by atoms with Crippen LogP contribution < -0.4 is 0 Å². The van der Waals surface area contributed by atoms with Crippen LogP contribution in [0.25, 0.3) is 0 Å². The zero-order valence-electron chi connectivity index (χ0n) is 39.5. The molecule has 0 rings (SSSR count). The fourth-order valence-electron chi connectivity index (χ4n) is 7.49. The van der Waals surface area contributed by atoms with Crippen LogP contribution in [0.1, 0.15) is 278 Å². The van der Waals surface area contributed by atoms with Crippen LogP contribution >= 0.6 is 0 Å². The molecule has 0 N–H and O–H groups in total. The minimum atomic E-state index is -0.770. The van der Waals surface area contributed by atoms with Crippen molar-refractivity contribution in [2.75, 3.05) is 13.2 Å². The molecule has 0 fully saturated rings. The molecule has 346 valence electrons. The third-order valence-corrected chi connectivity index (χ3v) is 11.4. The Morgan fingerprint density at radius 2 is 0.559 bits per heavy atom. The highest BCUT2D eigenvalue weighted by atomic mass is 16.6. The van der Waals surface area contributed by atoms with Crippen LogP contribution in [0.4, 0.5) is 0 Å². The van der Waals surface area contributed by atoms with Crippen molar-refractivity contribution in [2.45, 2.75) is 284 Å². The van der Waals surface area contributed by atoms with Crippen LogP contribution in [0.2, 0.25) is 0 Å². The average molecular weight is 831 g/mol. The molecule has 0 saturated heterocycles. The average Bonchev–Trinajstić information content (AvgIpc) is 3.23. The number of unbranched alkanes of at least 4 members (excludes halogenated alkanes) is 32. The molecule has 6 heteroatoms. The molecule has 0 heterocycles. The molecule has 0 aromatic heterocycles. The van der Waals surface area contributed by atoms with Crippen molar-refractivity contribution in [1.82, 2.24) is 0 Å². The highest BCUT2D eigenvalue weighted by Crippen LogP contribution is 2.15. The molecule has 0 aliphatic heterocycles. The summed E-state index contributed by atoms with van der Waals surface area (Å²) >= 11 is 0. The largest absolute Gasteiger partial charge is 0.462 e. The van der Waals surface area contributed by atoms with Crippen LogP contribution in [-0.2, 0) is 28.6 Å². The van der Waals surface area contributed by atoms with Gasteiger partial charge in [-0.2, -0.15) is 0 Å². The molecule has 0 unspecified atom stereocenters. The Labute approximate surface area is 366 Å². The number of ether oxygens (including phenoxy) is 3. The molecular formula is C53H98O6. The quantitative estimate of drug-likeness (QED) is 0.0263. The van der Waals surface area contributed by atoms with Crippen LogP contribution in [0, 0.1) is 0 Å². The van der Waals surface area contributed by atoms with Gasteiger partial charge in [0.2, 0.25) is 0 Å². The maximum Gasteiger partial charge on any atom is 0.306 e. The second kappa shape index (κ2) is 48.6. The summed E-state index contributed by atoms with van der Waals surface area (Å²) in [7, 11) is 0. The van der Waals surface area contributed by atoms with Gasteiger partial charge < -0.3 is 14.2 Å². The van der Waals surface area contributed by atoms with E-state index in [2.05, 4.69) is 45.1 Å². The molecule has 0 aromatic rings. The molecule has 6 nitrogen and oxygen atoms in total. The number of rotatable bonds is 47. The summed E-state index contributed by atoms with van der Waals surface area (Å²) in [5.74, 6) is -0.874. The summed E-state index contributed by atoms with van der Waals surface area (Å²) in [4.78, 5) is 37.9. The second-order valence-electron chi connectivity index (χ2n) is 17.4. The van der Waals surface area contributed by atoms with Gasteiger partial charge in [0.1, 0.15) is 13.2 Å². The van der Waals surface area contributed by atoms with E-state index in [0.29, 0.717) is 19.3 Å². The predicted molar refractivity (Wildman–Crippen MR) is 252 cm³/mol. The molecule has 1 atom stereocenters. The zero-order valence-corrected chi connectivity index (χ0v) is 39.5. The smallest absolute Gasteiger partial charge is 0.306 e. The molecule has 0 amide bonds. The van der Waals surface area contributed by atoms with Gasteiger partial charge in [-0.05, 0) is 70.6 Å². The predicted octanol–water partition coefficient (Wildman–Crippen LogP) is 16.8. The molecule has 0 aliphatic carbocycles. The lowest BCUT2D eigenvalue weighted by Gasteiger charge is -2.18. The van der Waals surface area contributed by atoms with Crippen molar-refractivity contribution in [3.63, 3.8) is 0 Å². The fourth-order valence-corrected chi connectivity index (χ4v) is 7.49. The van der Waals surface area contributed by atoms with Gasteiger partial charge in [-0.3, -0.25) is 14.4 Å². The standard InChI is InChI=1S/C53H98O6/c1-4-7-10-13-16-19-22-24-26-28-31-33-36-39-42-45-51(54)57-48-50(59-53(56)47-44-41-38-35-30-21-18-15-12-9-6-3)49-58-52(55)46-43-40-37-34-32-29-27-25-23-20-17-14-11-8-5-2/h19,22,25,27,50H,4-18,20-21,23-24,26,28-49H2,1-3H3/t50-/m1/s1. The lowest BCUT2D eigenvalue weighted by Crippen LogP contribution is -2.30. The number of carbonyl (C=O) groups excluding carboxylic acids is 3. The maximum absolute atomic E-state index is 12.8. The van der Waals surface area contributed by atoms with Crippen molar-refractivity contribution in [2.24, 2.45) is 0 Å². The number of hydrogen-bond acceptors (Lipinski definition) is 6. The molecule has 59 heavy (non-hydrogen) atoms. The Bertz CT molecular complexity index is 958. The van der Waals surface area contributed by atoms with Crippen molar-refractivity contribution < 1.29 is 28.6 Å². The highest BCUT2D eigenvalue weighted by Gasteiger charge is 2.19. The van der Waals surface area contributed by atoms with E-state index >= 15 is 0 Å². The first kappa shape index (κ1) is 56.9. The van der Waals surface area contributed by atoms with Gasteiger partial charge in [0.25, 0.3) is 0 Å². The van der Waals surface area contributed by atoms with Crippen molar-refractivity contribution in [1.29, 1.82) is 0 Å². The Balaban J connectivity index is 4.33. The van der Waals surface area contributed by atoms with Crippen LogP contribution in [0.5, 0.6) is 0 Å². The first-order valence-corrected chi connectivity index (χ1v) is 25.8. The summed E-state index contributed by atoms with van der Waals surface area (Å²) in [6.07, 6.45) is 54.4. The van der Waals surface area contributed by atoms with E-state index in [0.717, 1.165) is 64.2 Å². The minimum absolute atomic E-state index is 0.0727. The summed E-state index contributed by atoms with van der Waals surface area (Å²) in [6.45, 7) is 6.62. The molecule has 0 saturated carbocycles. The van der Waals surface area contributed by atoms with E-state index in [9.17, 15) is 14.4 Å². The third-order valence-electron chi connectivity index (χ3n) is 11.4. The minimum Gasteiger partial charge on any atom is -0.462 e.